The summed E-state index contributed by atoms with van der Waals surface area (Å²) in [5, 5.41) is 0. The Bertz CT molecular complexity index is 634. The molecule has 1 atom stereocenters. The number of halogens is 3. The molecule has 1 unspecified atom stereocenters. The number of alkyl halides is 3. The van der Waals surface area contributed by atoms with Crippen molar-refractivity contribution in [3.63, 3.8) is 0 Å². The van der Waals surface area contributed by atoms with Crippen molar-refractivity contribution in [3.05, 3.63) is 71.3 Å². The fourth-order valence-electron chi connectivity index (χ4n) is 3.42. The highest BCUT2D eigenvalue weighted by Crippen LogP contribution is 2.30. The highest BCUT2D eigenvalue weighted by molar-refractivity contribution is 5.25. The summed E-state index contributed by atoms with van der Waals surface area (Å²) in [4.78, 5) is 2.42. The summed E-state index contributed by atoms with van der Waals surface area (Å²) in [6.45, 7) is 1.73. The lowest BCUT2D eigenvalue weighted by Crippen LogP contribution is -2.40. The van der Waals surface area contributed by atoms with Gasteiger partial charge in [0, 0.05) is 12.6 Å². The molecule has 1 nitrogen and oxygen atoms in total. The molecule has 2 aromatic rings. The zero-order chi connectivity index (χ0) is 17.0. The van der Waals surface area contributed by atoms with Crippen LogP contribution in [0.2, 0.25) is 0 Å². The molecule has 4 heteroatoms. The lowest BCUT2D eigenvalue weighted by atomic mass is 9.95. The van der Waals surface area contributed by atoms with Gasteiger partial charge >= 0.3 is 6.18 Å². The lowest BCUT2D eigenvalue weighted by Gasteiger charge is -2.36. The maximum Gasteiger partial charge on any atom is 0.416 e. The van der Waals surface area contributed by atoms with E-state index in [4.69, 9.17) is 0 Å². The first kappa shape index (κ1) is 17.0. The van der Waals surface area contributed by atoms with Crippen LogP contribution < -0.4 is 0 Å². The normalized spacial score (nSPS) is 19.4. The van der Waals surface area contributed by atoms with Crippen LogP contribution in [-0.2, 0) is 19.1 Å². The quantitative estimate of drug-likeness (QED) is 0.733. The van der Waals surface area contributed by atoms with Gasteiger partial charge in [-0.05, 0) is 49.1 Å². The van der Waals surface area contributed by atoms with E-state index in [0.717, 1.165) is 37.9 Å². The van der Waals surface area contributed by atoms with Crippen LogP contribution in [0, 0.1) is 0 Å². The predicted octanol–water partition coefficient (Wildman–Crippen LogP) is 5.30. The van der Waals surface area contributed by atoms with Crippen LogP contribution in [0.25, 0.3) is 0 Å². The maximum atomic E-state index is 12.7. The Morgan fingerprint density at radius 1 is 0.875 bits per heavy atom. The van der Waals surface area contributed by atoms with Crippen molar-refractivity contribution in [1.82, 2.24) is 4.90 Å². The molecule has 3 rings (SSSR count). The van der Waals surface area contributed by atoms with Crippen molar-refractivity contribution in [1.29, 1.82) is 0 Å². The zero-order valence-corrected chi connectivity index (χ0v) is 13.6. The second-order valence-corrected chi connectivity index (χ2v) is 6.50. The molecule has 0 saturated carbocycles. The minimum absolute atomic E-state index is 0.462. The zero-order valence-electron chi connectivity index (χ0n) is 13.6. The summed E-state index contributed by atoms with van der Waals surface area (Å²) < 4.78 is 38.0. The van der Waals surface area contributed by atoms with Gasteiger partial charge in [0.1, 0.15) is 0 Å². The molecule has 128 valence electrons. The van der Waals surface area contributed by atoms with Gasteiger partial charge in [0.25, 0.3) is 0 Å². The number of hydrogen-bond acceptors (Lipinski definition) is 1. The van der Waals surface area contributed by atoms with E-state index in [9.17, 15) is 13.2 Å². The molecule has 1 aliphatic heterocycles. The molecule has 0 bridgehead atoms. The molecule has 1 fully saturated rings. The third-order valence-electron chi connectivity index (χ3n) is 4.73. The highest BCUT2D eigenvalue weighted by Gasteiger charge is 2.30. The Kier molecular flexibility index (Phi) is 5.24. The van der Waals surface area contributed by atoms with E-state index in [1.165, 1.54) is 24.1 Å². The molecule has 0 radical (unpaired) electrons. The largest absolute Gasteiger partial charge is 0.416 e. The van der Waals surface area contributed by atoms with E-state index in [1.807, 2.05) is 6.07 Å². The SMILES string of the molecule is FC(F)(F)c1ccc(CN2CCCCC2Cc2ccccc2)cc1. The van der Waals surface area contributed by atoms with Gasteiger partial charge in [-0.3, -0.25) is 4.90 Å². The Hall–Kier alpha value is -1.81. The summed E-state index contributed by atoms with van der Waals surface area (Å²) in [5.41, 5.74) is 1.69. The molecule has 1 heterocycles. The summed E-state index contributed by atoms with van der Waals surface area (Å²) in [6, 6.07) is 16.5. The average molecular weight is 333 g/mol. The summed E-state index contributed by atoms with van der Waals surface area (Å²) in [6.07, 6.45) is 0.267. The van der Waals surface area contributed by atoms with Crippen LogP contribution >= 0.6 is 0 Å². The fourth-order valence-corrected chi connectivity index (χ4v) is 3.42. The van der Waals surface area contributed by atoms with Crippen LogP contribution in [0.4, 0.5) is 13.2 Å². The lowest BCUT2D eigenvalue weighted by molar-refractivity contribution is -0.137. The molecule has 24 heavy (non-hydrogen) atoms. The number of piperidine rings is 1. The van der Waals surface area contributed by atoms with Crippen LogP contribution in [0.1, 0.15) is 36.0 Å². The van der Waals surface area contributed by atoms with E-state index in [-0.39, 0.29) is 0 Å². The molecular formula is C20H22F3N. The molecule has 0 amide bonds. The standard InChI is InChI=1S/C20H22F3N/c21-20(22,23)18-11-9-17(10-12-18)15-24-13-5-4-8-19(24)14-16-6-2-1-3-7-16/h1-3,6-7,9-12,19H,4-5,8,13-15H2. The average Bonchev–Trinajstić information content (AvgIpc) is 2.57. The summed E-state index contributed by atoms with van der Waals surface area (Å²) in [7, 11) is 0. The van der Waals surface area contributed by atoms with Crippen LogP contribution in [0.3, 0.4) is 0 Å². The van der Waals surface area contributed by atoms with Gasteiger partial charge in [0.2, 0.25) is 0 Å². The maximum absolute atomic E-state index is 12.7. The third-order valence-corrected chi connectivity index (χ3v) is 4.73. The number of nitrogens with zero attached hydrogens (tertiary/aromatic N) is 1. The number of likely N-dealkylation sites (tertiary alicyclic amines) is 1. The highest BCUT2D eigenvalue weighted by atomic mass is 19.4. The Balaban J connectivity index is 1.67. The van der Waals surface area contributed by atoms with Gasteiger partial charge in [0.05, 0.1) is 5.56 Å². The van der Waals surface area contributed by atoms with E-state index >= 15 is 0 Å². The van der Waals surface area contributed by atoms with Crippen molar-refractivity contribution in [3.8, 4) is 0 Å². The first-order valence-corrected chi connectivity index (χ1v) is 8.46. The van der Waals surface area contributed by atoms with Gasteiger partial charge < -0.3 is 0 Å². The number of rotatable bonds is 4. The smallest absolute Gasteiger partial charge is 0.296 e. The molecule has 0 aromatic heterocycles. The van der Waals surface area contributed by atoms with Crippen molar-refractivity contribution in [2.45, 2.75) is 44.4 Å². The van der Waals surface area contributed by atoms with Crippen molar-refractivity contribution in [2.24, 2.45) is 0 Å². The third kappa shape index (κ3) is 4.38. The summed E-state index contributed by atoms with van der Waals surface area (Å²) in [5.74, 6) is 0. The molecule has 2 aromatic carbocycles. The van der Waals surface area contributed by atoms with Gasteiger partial charge in [-0.1, -0.05) is 48.9 Å². The Morgan fingerprint density at radius 2 is 1.58 bits per heavy atom. The minimum Gasteiger partial charge on any atom is -0.296 e. The molecule has 0 spiro atoms. The molecule has 1 saturated heterocycles. The molecule has 0 aliphatic carbocycles. The van der Waals surface area contributed by atoms with Crippen LogP contribution in [0.15, 0.2) is 54.6 Å². The monoisotopic (exact) mass is 333 g/mol. The minimum atomic E-state index is -4.26. The molecular weight excluding hydrogens is 311 g/mol. The molecule has 1 aliphatic rings. The predicted molar refractivity (Wildman–Crippen MR) is 89.6 cm³/mol. The first-order valence-electron chi connectivity index (χ1n) is 8.46. The fraction of sp³-hybridized carbons (Fsp3) is 0.400. The Labute approximate surface area is 141 Å². The van der Waals surface area contributed by atoms with E-state index in [1.54, 1.807) is 12.1 Å². The topological polar surface area (TPSA) is 3.24 Å². The van der Waals surface area contributed by atoms with E-state index < -0.39 is 11.7 Å². The van der Waals surface area contributed by atoms with Gasteiger partial charge in [-0.2, -0.15) is 13.2 Å². The summed E-state index contributed by atoms with van der Waals surface area (Å²) >= 11 is 0. The second-order valence-electron chi connectivity index (χ2n) is 6.50. The first-order chi connectivity index (χ1) is 11.5. The number of benzene rings is 2. The van der Waals surface area contributed by atoms with Crippen molar-refractivity contribution >= 4 is 0 Å². The van der Waals surface area contributed by atoms with E-state index in [0.29, 0.717) is 6.04 Å². The van der Waals surface area contributed by atoms with Crippen LogP contribution in [0.5, 0.6) is 0 Å². The van der Waals surface area contributed by atoms with Crippen LogP contribution in [-0.4, -0.2) is 17.5 Å². The van der Waals surface area contributed by atoms with Crippen molar-refractivity contribution < 1.29 is 13.2 Å². The van der Waals surface area contributed by atoms with Gasteiger partial charge in [-0.15, -0.1) is 0 Å². The number of hydrogen-bond donors (Lipinski definition) is 0. The second kappa shape index (κ2) is 7.39. The van der Waals surface area contributed by atoms with Gasteiger partial charge in [0.15, 0.2) is 0 Å². The van der Waals surface area contributed by atoms with Crippen molar-refractivity contribution in [2.75, 3.05) is 6.54 Å². The molecule has 0 N–H and O–H groups in total. The van der Waals surface area contributed by atoms with E-state index in [2.05, 4.69) is 29.2 Å². The Morgan fingerprint density at radius 3 is 2.25 bits per heavy atom. The van der Waals surface area contributed by atoms with Gasteiger partial charge in [-0.25, -0.2) is 0 Å².